The van der Waals surface area contributed by atoms with Crippen LogP contribution in [0.5, 0.6) is 0 Å². The predicted molar refractivity (Wildman–Crippen MR) is 88.4 cm³/mol. The molecule has 0 atom stereocenters. The molecule has 0 rings (SSSR count). The van der Waals surface area contributed by atoms with Gasteiger partial charge in [-0.05, 0) is 6.42 Å². The third-order valence-corrected chi connectivity index (χ3v) is 3.95. The molecule has 0 heterocycles. The van der Waals surface area contributed by atoms with E-state index in [0.717, 1.165) is 6.42 Å². The molecule has 119 valence electrons. The van der Waals surface area contributed by atoms with Crippen molar-refractivity contribution in [2.75, 3.05) is 0 Å². The first kappa shape index (κ1) is 19.5. The minimum atomic E-state index is 0.0731. The van der Waals surface area contributed by atoms with Gasteiger partial charge in [0.05, 0.1) is 0 Å². The molecular weight excluding hydrogens is 246 g/mol. The molecule has 0 aliphatic heterocycles. The van der Waals surface area contributed by atoms with Gasteiger partial charge in [0.2, 0.25) is 5.91 Å². The maximum Gasteiger partial charge on any atom is 0.220 e. The largest absolute Gasteiger partial charge is 0.354 e. The van der Waals surface area contributed by atoms with Crippen LogP contribution in [0.15, 0.2) is 0 Å². The zero-order valence-corrected chi connectivity index (χ0v) is 13.7. The molecule has 1 amide bonds. The Kier molecular flexibility index (Phi) is 16.1. The van der Waals surface area contributed by atoms with Crippen LogP contribution in [-0.2, 0) is 4.79 Å². The molecule has 0 aliphatic rings. The number of hydrogen-bond donors (Lipinski definition) is 1. The summed E-state index contributed by atoms with van der Waals surface area (Å²) in [4.78, 5) is 11.0. The molecule has 1 radical (unpaired) electrons. The van der Waals surface area contributed by atoms with Gasteiger partial charge in [-0.25, -0.2) is 0 Å². The number of unbranched alkanes of at least 4 members (excludes halogenated alkanes) is 13. The molecule has 1 N–H and O–H groups in total. The summed E-state index contributed by atoms with van der Waals surface area (Å²) in [6.07, 6.45) is 19.6. The molecule has 0 saturated heterocycles. The van der Waals surface area contributed by atoms with Gasteiger partial charge in [0.1, 0.15) is 0 Å². The van der Waals surface area contributed by atoms with Crippen molar-refractivity contribution < 1.29 is 4.79 Å². The first-order valence-corrected chi connectivity index (χ1v) is 8.87. The van der Waals surface area contributed by atoms with Crippen molar-refractivity contribution in [3.05, 3.63) is 7.05 Å². The fraction of sp³-hybridized carbons (Fsp3) is 0.889. The van der Waals surface area contributed by atoms with Crippen molar-refractivity contribution in [1.82, 2.24) is 5.32 Å². The van der Waals surface area contributed by atoms with Gasteiger partial charge >= 0.3 is 0 Å². The minimum Gasteiger partial charge on any atom is -0.354 e. The average Bonchev–Trinajstić information content (AvgIpc) is 2.47. The first-order chi connectivity index (χ1) is 9.81. The number of hydrogen-bond acceptors (Lipinski definition) is 1. The van der Waals surface area contributed by atoms with Gasteiger partial charge in [-0.15, -0.1) is 0 Å². The Morgan fingerprint density at radius 3 is 1.40 bits per heavy atom. The minimum absolute atomic E-state index is 0.0731. The molecule has 0 aromatic rings. The highest BCUT2D eigenvalue weighted by Gasteiger charge is 1.97. The SMILES string of the molecule is [CH2]NC(=O)CCCCCCCCCCCCCCCC. The Hall–Kier alpha value is -0.530. The van der Waals surface area contributed by atoms with Gasteiger partial charge in [0.15, 0.2) is 0 Å². The van der Waals surface area contributed by atoms with Crippen LogP contribution < -0.4 is 5.32 Å². The van der Waals surface area contributed by atoms with Gasteiger partial charge in [0, 0.05) is 13.5 Å². The smallest absolute Gasteiger partial charge is 0.220 e. The van der Waals surface area contributed by atoms with Gasteiger partial charge in [-0.2, -0.15) is 0 Å². The van der Waals surface area contributed by atoms with E-state index < -0.39 is 0 Å². The van der Waals surface area contributed by atoms with Gasteiger partial charge in [0.25, 0.3) is 0 Å². The van der Waals surface area contributed by atoms with E-state index in [1.165, 1.54) is 83.5 Å². The molecule has 20 heavy (non-hydrogen) atoms. The molecule has 0 aromatic heterocycles. The first-order valence-electron chi connectivity index (χ1n) is 8.87. The molecular formula is C18H36NO. The second-order valence-electron chi connectivity index (χ2n) is 5.95. The van der Waals surface area contributed by atoms with Crippen LogP contribution in [0.3, 0.4) is 0 Å². The number of nitrogens with one attached hydrogen (secondary N) is 1. The van der Waals surface area contributed by atoms with Crippen molar-refractivity contribution in [3.8, 4) is 0 Å². The fourth-order valence-corrected chi connectivity index (χ4v) is 2.57. The summed E-state index contributed by atoms with van der Waals surface area (Å²) in [5, 5.41) is 2.42. The molecule has 0 fully saturated rings. The molecule has 2 nitrogen and oxygen atoms in total. The normalized spacial score (nSPS) is 10.7. The van der Waals surface area contributed by atoms with Crippen molar-refractivity contribution in [1.29, 1.82) is 0 Å². The zero-order valence-electron chi connectivity index (χ0n) is 13.7. The highest BCUT2D eigenvalue weighted by Crippen LogP contribution is 2.13. The molecule has 0 spiro atoms. The lowest BCUT2D eigenvalue weighted by Gasteiger charge is -2.03. The standard InChI is InChI=1S/C18H36NO/c1-3-4-5-6-7-8-9-10-11-12-13-14-15-16-17-18(20)19-2/h2-17H2,1H3,(H,19,20). The summed E-state index contributed by atoms with van der Waals surface area (Å²) in [5.41, 5.74) is 0. The maximum absolute atomic E-state index is 11.0. The Bertz CT molecular complexity index is 204. The van der Waals surface area contributed by atoms with Gasteiger partial charge in [-0.3, -0.25) is 4.79 Å². The van der Waals surface area contributed by atoms with E-state index in [1.807, 2.05) is 0 Å². The number of carbonyl (C=O) groups excluding carboxylic acids is 1. The second-order valence-corrected chi connectivity index (χ2v) is 5.95. The van der Waals surface area contributed by atoms with Crippen molar-refractivity contribution in [3.63, 3.8) is 0 Å². The van der Waals surface area contributed by atoms with E-state index >= 15 is 0 Å². The van der Waals surface area contributed by atoms with Crippen LogP contribution in [0.1, 0.15) is 103 Å². The van der Waals surface area contributed by atoms with E-state index in [-0.39, 0.29) is 5.91 Å². The lowest BCUT2D eigenvalue weighted by atomic mass is 10.0. The Morgan fingerprint density at radius 1 is 0.700 bits per heavy atom. The summed E-state index contributed by atoms with van der Waals surface area (Å²) >= 11 is 0. The lowest BCUT2D eigenvalue weighted by molar-refractivity contribution is -0.120. The molecule has 0 unspecified atom stereocenters. The van der Waals surface area contributed by atoms with Crippen LogP contribution >= 0.6 is 0 Å². The average molecular weight is 282 g/mol. The summed E-state index contributed by atoms with van der Waals surface area (Å²) in [6.45, 7) is 2.27. The Morgan fingerprint density at radius 2 is 1.05 bits per heavy atom. The molecule has 0 bridgehead atoms. The fourth-order valence-electron chi connectivity index (χ4n) is 2.57. The highest BCUT2D eigenvalue weighted by molar-refractivity contribution is 5.75. The third-order valence-electron chi connectivity index (χ3n) is 3.95. The highest BCUT2D eigenvalue weighted by atomic mass is 16.1. The summed E-state index contributed by atoms with van der Waals surface area (Å²) in [7, 11) is 3.37. The van der Waals surface area contributed by atoms with E-state index in [4.69, 9.17) is 0 Å². The van der Waals surface area contributed by atoms with E-state index in [0.29, 0.717) is 6.42 Å². The van der Waals surface area contributed by atoms with Crippen LogP contribution in [0.2, 0.25) is 0 Å². The summed E-state index contributed by atoms with van der Waals surface area (Å²) < 4.78 is 0. The van der Waals surface area contributed by atoms with Crippen molar-refractivity contribution in [2.45, 2.75) is 103 Å². The maximum atomic E-state index is 11.0. The molecule has 0 aromatic carbocycles. The van der Waals surface area contributed by atoms with Crippen LogP contribution in [0.4, 0.5) is 0 Å². The van der Waals surface area contributed by atoms with Gasteiger partial charge < -0.3 is 5.32 Å². The third kappa shape index (κ3) is 15.5. The van der Waals surface area contributed by atoms with E-state index in [1.54, 1.807) is 0 Å². The zero-order chi connectivity index (χ0) is 14.9. The number of carbonyl (C=O) groups is 1. The summed E-state index contributed by atoms with van der Waals surface area (Å²) in [5.74, 6) is 0.0731. The van der Waals surface area contributed by atoms with Crippen LogP contribution in [0.25, 0.3) is 0 Å². The van der Waals surface area contributed by atoms with E-state index in [9.17, 15) is 4.79 Å². The Labute approximate surface area is 127 Å². The lowest BCUT2D eigenvalue weighted by Crippen LogP contribution is -2.14. The van der Waals surface area contributed by atoms with Crippen molar-refractivity contribution in [2.24, 2.45) is 0 Å². The summed E-state index contributed by atoms with van der Waals surface area (Å²) in [6, 6.07) is 0. The topological polar surface area (TPSA) is 29.1 Å². The molecule has 0 saturated carbocycles. The van der Waals surface area contributed by atoms with E-state index in [2.05, 4.69) is 19.3 Å². The molecule has 2 heteroatoms. The number of rotatable bonds is 15. The number of amides is 1. The predicted octanol–water partition coefficient (Wildman–Crippen LogP) is 5.77. The Balaban J connectivity index is 2.97. The quantitative estimate of drug-likeness (QED) is 0.380. The monoisotopic (exact) mass is 282 g/mol. The second kappa shape index (κ2) is 16.5. The molecule has 0 aliphatic carbocycles. The van der Waals surface area contributed by atoms with Crippen LogP contribution in [0, 0.1) is 7.05 Å². The van der Waals surface area contributed by atoms with Crippen LogP contribution in [-0.4, -0.2) is 5.91 Å². The van der Waals surface area contributed by atoms with Gasteiger partial charge in [-0.1, -0.05) is 90.4 Å². The van der Waals surface area contributed by atoms with Crippen molar-refractivity contribution >= 4 is 5.91 Å².